The number of nitrogens with one attached hydrogen (secondary N) is 1. The van der Waals surface area contributed by atoms with Gasteiger partial charge in [0.2, 0.25) is 0 Å². The molecule has 0 aliphatic carbocycles. The number of nitrogens with zero attached hydrogens (tertiary/aromatic N) is 4. The van der Waals surface area contributed by atoms with E-state index in [1.807, 2.05) is 11.0 Å². The van der Waals surface area contributed by atoms with Gasteiger partial charge in [0, 0.05) is 57.3 Å². The molecular weight excluding hydrogens is 446 g/mol. The Balaban J connectivity index is 1.63. The molecule has 2 aliphatic heterocycles. The van der Waals surface area contributed by atoms with Crippen LogP contribution in [0.1, 0.15) is 18.3 Å². The Morgan fingerprint density at radius 1 is 1.29 bits per heavy atom. The zero-order chi connectivity index (χ0) is 24.3. The van der Waals surface area contributed by atoms with Crippen LogP contribution >= 0.6 is 0 Å². The third-order valence-corrected chi connectivity index (χ3v) is 5.86. The molecule has 1 aromatic carbocycles. The van der Waals surface area contributed by atoms with Crippen LogP contribution in [0.4, 0.5) is 20.2 Å². The number of carbonyl (C=O) groups is 1. The first-order chi connectivity index (χ1) is 16.3. The van der Waals surface area contributed by atoms with Crippen molar-refractivity contribution in [2.45, 2.75) is 25.4 Å². The highest BCUT2D eigenvalue weighted by atomic mass is 19.3. The first-order valence-corrected chi connectivity index (χ1v) is 11.0. The second-order valence-electron chi connectivity index (χ2n) is 8.73. The number of piperazine rings is 1. The summed E-state index contributed by atoms with van der Waals surface area (Å²) in [6.45, 7) is 3.53. The molecule has 1 fully saturated rings. The van der Waals surface area contributed by atoms with Gasteiger partial charge in [-0.15, -0.1) is 0 Å². The van der Waals surface area contributed by atoms with Gasteiger partial charge in [-0.05, 0) is 24.6 Å². The Labute approximate surface area is 196 Å². The lowest BCUT2D eigenvalue weighted by molar-refractivity contribution is -0.111. The van der Waals surface area contributed by atoms with E-state index in [4.69, 9.17) is 10.5 Å². The molecule has 182 valence electrons. The number of halogens is 2. The third kappa shape index (κ3) is 5.42. The summed E-state index contributed by atoms with van der Waals surface area (Å²) >= 11 is 0. The molecule has 2 aliphatic rings. The van der Waals surface area contributed by atoms with Crippen LogP contribution in [-0.4, -0.2) is 77.2 Å². The van der Waals surface area contributed by atoms with Crippen molar-refractivity contribution in [2.24, 2.45) is 5.73 Å². The van der Waals surface area contributed by atoms with Crippen LogP contribution in [0, 0.1) is 0 Å². The maximum absolute atomic E-state index is 13.1. The molecule has 1 aromatic heterocycles. The molecule has 1 saturated heterocycles. The average Bonchev–Trinajstić information content (AvgIpc) is 2.79. The van der Waals surface area contributed by atoms with Crippen molar-refractivity contribution in [3.05, 3.63) is 48.2 Å². The van der Waals surface area contributed by atoms with E-state index in [0.717, 1.165) is 11.8 Å². The topological polar surface area (TPSA) is 117 Å². The highest BCUT2D eigenvalue weighted by Gasteiger charge is 2.31. The van der Waals surface area contributed by atoms with Gasteiger partial charge >= 0.3 is 0 Å². The van der Waals surface area contributed by atoms with Crippen molar-refractivity contribution in [1.29, 1.82) is 0 Å². The molecule has 0 spiro atoms. The Kier molecular flexibility index (Phi) is 6.94. The van der Waals surface area contributed by atoms with Crippen LogP contribution in [0.5, 0.6) is 5.75 Å². The van der Waals surface area contributed by atoms with E-state index in [0.29, 0.717) is 49.7 Å². The highest BCUT2D eigenvalue weighted by Crippen LogP contribution is 2.39. The number of rotatable bonds is 6. The minimum atomic E-state index is -2.38. The van der Waals surface area contributed by atoms with Crippen LogP contribution in [0.2, 0.25) is 0 Å². The van der Waals surface area contributed by atoms with Crippen molar-refractivity contribution in [3.8, 4) is 5.75 Å². The number of hydrogen-bond donors (Lipinski definition) is 3. The molecule has 2 aromatic rings. The monoisotopic (exact) mass is 474 g/mol. The minimum Gasteiger partial charge on any atom is -0.490 e. The van der Waals surface area contributed by atoms with Gasteiger partial charge in [0.15, 0.2) is 5.82 Å². The van der Waals surface area contributed by atoms with Gasteiger partial charge in [-0.2, -0.15) is 0 Å². The smallest absolute Gasteiger partial charge is 0.261 e. The van der Waals surface area contributed by atoms with E-state index in [2.05, 4.69) is 15.3 Å². The number of amides is 1. The average molecular weight is 475 g/mol. The lowest BCUT2D eigenvalue weighted by Gasteiger charge is -2.38. The number of carbonyl (C=O) groups excluding carboxylic acids is 1. The maximum Gasteiger partial charge on any atom is 0.261 e. The van der Waals surface area contributed by atoms with Crippen LogP contribution in [0.25, 0.3) is 5.57 Å². The van der Waals surface area contributed by atoms with Crippen molar-refractivity contribution >= 4 is 22.9 Å². The summed E-state index contributed by atoms with van der Waals surface area (Å²) in [5.41, 5.74) is 6.74. The van der Waals surface area contributed by atoms with E-state index < -0.39 is 17.9 Å². The number of ether oxygens (including phenoxy) is 1. The molecule has 0 bridgehead atoms. The molecule has 0 unspecified atom stereocenters. The van der Waals surface area contributed by atoms with Crippen molar-refractivity contribution in [3.63, 3.8) is 0 Å². The normalized spacial score (nSPS) is 21.2. The van der Waals surface area contributed by atoms with E-state index >= 15 is 0 Å². The summed E-state index contributed by atoms with van der Waals surface area (Å²) in [6.07, 6.45) is 2.16. The lowest BCUT2D eigenvalue weighted by Crippen LogP contribution is -2.48. The fourth-order valence-electron chi connectivity index (χ4n) is 4.19. The SMILES string of the molecule is C[C@@]1(O)COc2cc(N3CCN(CC(F)F)CC3)c(NC(=O)C(=CN)c3ncccn3)cc2C1. The summed E-state index contributed by atoms with van der Waals surface area (Å²) in [5, 5.41) is 13.4. The van der Waals surface area contributed by atoms with E-state index in [1.54, 1.807) is 24.0 Å². The van der Waals surface area contributed by atoms with Gasteiger partial charge in [0.25, 0.3) is 12.3 Å². The van der Waals surface area contributed by atoms with Crippen LogP contribution < -0.4 is 20.7 Å². The van der Waals surface area contributed by atoms with Gasteiger partial charge in [-0.1, -0.05) is 0 Å². The Morgan fingerprint density at radius 3 is 2.65 bits per heavy atom. The van der Waals surface area contributed by atoms with E-state index in [9.17, 15) is 18.7 Å². The van der Waals surface area contributed by atoms with Gasteiger partial charge in [-0.25, -0.2) is 18.7 Å². The molecule has 11 heteroatoms. The summed E-state index contributed by atoms with van der Waals surface area (Å²) in [4.78, 5) is 25.1. The highest BCUT2D eigenvalue weighted by molar-refractivity contribution is 6.24. The molecule has 34 heavy (non-hydrogen) atoms. The number of aliphatic hydroxyl groups is 1. The fraction of sp³-hybridized carbons (Fsp3) is 0.435. The second kappa shape index (κ2) is 9.90. The summed E-state index contributed by atoms with van der Waals surface area (Å²) in [7, 11) is 0. The zero-order valence-electron chi connectivity index (χ0n) is 18.9. The molecule has 1 amide bonds. The Hall–Kier alpha value is -3.31. The number of benzene rings is 1. The molecule has 3 heterocycles. The predicted octanol–water partition coefficient (Wildman–Crippen LogP) is 1.49. The number of fused-ring (bicyclic) bond motifs is 1. The Bertz CT molecular complexity index is 1060. The summed E-state index contributed by atoms with van der Waals surface area (Å²) in [5.74, 6) is 0.319. The number of anilines is 2. The van der Waals surface area contributed by atoms with Gasteiger partial charge < -0.3 is 25.8 Å². The van der Waals surface area contributed by atoms with E-state index in [-0.39, 0.29) is 24.5 Å². The minimum absolute atomic E-state index is 0.106. The van der Waals surface area contributed by atoms with Crippen LogP contribution in [0.3, 0.4) is 0 Å². The van der Waals surface area contributed by atoms with Crippen LogP contribution in [-0.2, 0) is 11.2 Å². The first-order valence-electron chi connectivity index (χ1n) is 11.0. The molecule has 4 N–H and O–H groups in total. The predicted molar refractivity (Wildman–Crippen MR) is 124 cm³/mol. The summed E-state index contributed by atoms with van der Waals surface area (Å²) in [6, 6.07) is 5.24. The van der Waals surface area contributed by atoms with Crippen LogP contribution in [0.15, 0.2) is 36.8 Å². The molecule has 0 radical (unpaired) electrons. The van der Waals surface area contributed by atoms with Gasteiger partial charge in [-0.3, -0.25) is 9.69 Å². The molecule has 0 saturated carbocycles. The molecule has 1 atom stereocenters. The van der Waals surface area contributed by atoms with E-state index in [1.165, 1.54) is 12.4 Å². The van der Waals surface area contributed by atoms with Gasteiger partial charge in [0.05, 0.1) is 29.1 Å². The third-order valence-electron chi connectivity index (χ3n) is 5.86. The largest absolute Gasteiger partial charge is 0.490 e. The standard InChI is InChI=1S/C23H28F2N6O3/c1-23(33)11-15-9-17(29-22(32)16(12-26)21-27-3-2-4-28-21)18(10-19(15)34-14-23)31-7-5-30(6-8-31)13-20(24)25/h2-4,9-10,12,20,33H,5-8,11,13-14,26H2,1H3,(H,29,32)/t23-/m0/s1. The summed E-state index contributed by atoms with van der Waals surface area (Å²) < 4.78 is 31.4. The number of nitrogens with two attached hydrogens (primary N) is 1. The van der Waals surface area contributed by atoms with Crippen molar-refractivity contribution in [1.82, 2.24) is 14.9 Å². The number of alkyl halides is 2. The van der Waals surface area contributed by atoms with Gasteiger partial charge in [0.1, 0.15) is 12.4 Å². The quantitative estimate of drug-likeness (QED) is 0.540. The van der Waals surface area contributed by atoms with Crippen molar-refractivity contribution in [2.75, 3.05) is 49.5 Å². The molecule has 4 rings (SSSR count). The first kappa shape index (κ1) is 23.8. The lowest BCUT2D eigenvalue weighted by atomic mass is 9.93. The fourth-order valence-corrected chi connectivity index (χ4v) is 4.19. The molecule has 9 nitrogen and oxygen atoms in total. The number of hydrogen-bond acceptors (Lipinski definition) is 8. The number of aromatic nitrogens is 2. The molecular formula is C23H28F2N6O3. The second-order valence-corrected chi connectivity index (χ2v) is 8.73. The maximum atomic E-state index is 13.1. The zero-order valence-corrected chi connectivity index (χ0v) is 18.9. The van der Waals surface area contributed by atoms with Crippen molar-refractivity contribution < 1.29 is 23.4 Å². The Morgan fingerprint density at radius 2 is 2.00 bits per heavy atom.